The van der Waals surface area contributed by atoms with Gasteiger partial charge in [0, 0.05) is 11.6 Å². The summed E-state index contributed by atoms with van der Waals surface area (Å²) >= 11 is 0. The molecular weight excluding hydrogens is 264 g/mol. The van der Waals surface area contributed by atoms with Crippen molar-refractivity contribution in [1.29, 1.82) is 0 Å². The van der Waals surface area contributed by atoms with Crippen LogP contribution in [0, 0.1) is 0 Å². The SMILES string of the molecule is COc1ccc(-c2cc(CN3CCCCCC3)on2)cc1. The molecular formula is C17H22N2O2. The average molecular weight is 286 g/mol. The van der Waals surface area contributed by atoms with Crippen molar-refractivity contribution in [3.8, 4) is 17.0 Å². The molecule has 1 fully saturated rings. The summed E-state index contributed by atoms with van der Waals surface area (Å²) in [6, 6.07) is 9.95. The third-order valence-corrected chi connectivity index (χ3v) is 4.02. The van der Waals surface area contributed by atoms with E-state index in [2.05, 4.69) is 10.1 Å². The molecule has 112 valence electrons. The lowest BCUT2D eigenvalue weighted by molar-refractivity contribution is 0.239. The lowest BCUT2D eigenvalue weighted by Crippen LogP contribution is -2.23. The first kappa shape index (κ1) is 14.1. The van der Waals surface area contributed by atoms with Crippen molar-refractivity contribution in [3.05, 3.63) is 36.1 Å². The number of likely N-dealkylation sites (tertiary alicyclic amines) is 1. The van der Waals surface area contributed by atoms with Gasteiger partial charge in [-0.1, -0.05) is 18.0 Å². The molecule has 21 heavy (non-hydrogen) atoms. The highest BCUT2D eigenvalue weighted by Gasteiger charge is 2.13. The molecule has 0 bridgehead atoms. The van der Waals surface area contributed by atoms with Crippen LogP contribution in [0.2, 0.25) is 0 Å². The predicted molar refractivity (Wildman–Crippen MR) is 82.2 cm³/mol. The highest BCUT2D eigenvalue weighted by atomic mass is 16.5. The topological polar surface area (TPSA) is 38.5 Å². The van der Waals surface area contributed by atoms with Gasteiger partial charge in [0.2, 0.25) is 0 Å². The Hall–Kier alpha value is -1.81. The van der Waals surface area contributed by atoms with E-state index in [9.17, 15) is 0 Å². The molecule has 0 atom stereocenters. The van der Waals surface area contributed by atoms with Gasteiger partial charge in [-0.25, -0.2) is 0 Å². The summed E-state index contributed by atoms with van der Waals surface area (Å²) in [5.74, 6) is 1.80. The zero-order valence-corrected chi connectivity index (χ0v) is 12.5. The van der Waals surface area contributed by atoms with E-state index in [0.29, 0.717) is 0 Å². The monoisotopic (exact) mass is 286 g/mol. The first-order valence-electron chi connectivity index (χ1n) is 7.67. The molecule has 1 aliphatic rings. The van der Waals surface area contributed by atoms with Crippen molar-refractivity contribution < 1.29 is 9.26 Å². The van der Waals surface area contributed by atoms with Crippen molar-refractivity contribution in [1.82, 2.24) is 10.1 Å². The zero-order valence-electron chi connectivity index (χ0n) is 12.5. The van der Waals surface area contributed by atoms with E-state index >= 15 is 0 Å². The molecule has 0 spiro atoms. The van der Waals surface area contributed by atoms with Crippen molar-refractivity contribution in [2.45, 2.75) is 32.2 Å². The van der Waals surface area contributed by atoms with Crippen molar-refractivity contribution in [2.75, 3.05) is 20.2 Å². The van der Waals surface area contributed by atoms with Gasteiger partial charge in [0.15, 0.2) is 5.76 Å². The number of rotatable bonds is 4. The summed E-state index contributed by atoms with van der Waals surface area (Å²) in [7, 11) is 1.67. The smallest absolute Gasteiger partial charge is 0.151 e. The number of nitrogens with zero attached hydrogens (tertiary/aromatic N) is 2. The van der Waals surface area contributed by atoms with Gasteiger partial charge in [-0.15, -0.1) is 0 Å². The third-order valence-electron chi connectivity index (χ3n) is 4.02. The lowest BCUT2D eigenvalue weighted by atomic mass is 10.1. The quantitative estimate of drug-likeness (QED) is 0.858. The highest BCUT2D eigenvalue weighted by Crippen LogP contribution is 2.23. The van der Waals surface area contributed by atoms with Crippen LogP contribution in [0.3, 0.4) is 0 Å². The first-order valence-corrected chi connectivity index (χ1v) is 7.67. The Morgan fingerprint density at radius 2 is 1.81 bits per heavy atom. The van der Waals surface area contributed by atoms with Crippen molar-refractivity contribution in [2.24, 2.45) is 0 Å². The minimum atomic E-state index is 0.854. The number of hydrogen-bond acceptors (Lipinski definition) is 4. The van der Waals surface area contributed by atoms with Crippen LogP contribution >= 0.6 is 0 Å². The van der Waals surface area contributed by atoms with Crippen LogP contribution in [0.25, 0.3) is 11.3 Å². The highest BCUT2D eigenvalue weighted by molar-refractivity contribution is 5.59. The molecule has 0 unspecified atom stereocenters. The number of benzene rings is 1. The van der Waals surface area contributed by atoms with Crippen molar-refractivity contribution >= 4 is 0 Å². The standard InChI is InChI=1S/C17H22N2O2/c1-20-15-8-6-14(7-9-15)17-12-16(21-18-17)13-19-10-4-2-3-5-11-19/h6-9,12H,2-5,10-11,13H2,1H3. The van der Waals surface area contributed by atoms with Gasteiger partial charge >= 0.3 is 0 Å². The Morgan fingerprint density at radius 1 is 1.10 bits per heavy atom. The summed E-state index contributed by atoms with van der Waals surface area (Å²) in [6.07, 6.45) is 5.28. The second-order valence-corrected chi connectivity index (χ2v) is 5.60. The molecule has 3 rings (SSSR count). The predicted octanol–water partition coefficient (Wildman–Crippen LogP) is 3.73. The lowest BCUT2D eigenvalue weighted by Gasteiger charge is -2.17. The van der Waals surface area contributed by atoms with Gasteiger partial charge in [-0.2, -0.15) is 0 Å². The van der Waals surface area contributed by atoms with Gasteiger partial charge in [0.05, 0.1) is 13.7 Å². The number of aromatic nitrogens is 1. The van der Waals surface area contributed by atoms with E-state index in [0.717, 1.165) is 29.3 Å². The van der Waals surface area contributed by atoms with Crippen LogP contribution in [-0.4, -0.2) is 30.3 Å². The van der Waals surface area contributed by atoms with Crippen LogP contribution in [0.1, 0.15) is 31.4 Å². The number of ether oxygens (including phenoxy) is 1. The maximum absolute atomic E-state index is 5.50. The van der Waals surface area contributed by atoms with E-state index in [4.69, 9.17) is 9.26 Å². The summed E-state index contributed by atoms with van der Waals surface area (Å²) in [5.41, 5.74) is 1.95. The number of methoxy groups -OCH3 is 1. The molecule has 1 aliphatic heterocycles. The fraction of sp³-hybridized carbons (Fsp3) is 0.471. The molecule has 1 saturated heterocycles. The molecule has 0 N–H and O–H groups in total. The molecule has 0 aliphatic carbocycles. The first-order chi connectivity index (χ1) is 10.3. The summed E-state index contributed by atoms with van der Waals surface area (Å²) in [4.78, 5) is 2.46. The molecule has 2 aromatic rings. The fourth-order valence-electron chi connectivity index (χ4n) is 2.80. The Labute approximate surface area is 125 Å². The van der Waals surface area contributed by atoms with E-state index in [-0.39, 0.29) is 0 Å². The summed E-state index contributed by atoms with van der Waals surface area (Å²) < 4.78 is 10.7. The van der Waals surface area contributed by atoms with E-state index < -0.39 is 0 Å². The van der Waals surface area contributed by atoms with Crippen molar-refractivity contribution in [3.63, 3.8) is 0 Å². The molecule has 0 amide bonds. The van der Waals surface area contributed by atoms with Crippen LogP contribution in [0.4, 0.5) is 0 Å². The van der Waals surface area contributed by atoms with Crippen LogP contribution < -0.4 is 4.74 Å². The fourth-order valence-corrected chi connectivity index (χ4v) is 2.80. The Kier molecular flexibility index (Phi) is 4.55. The normalized spacial score (nSPS) is 16.6. The molecule has 2 heterocycles. The van der Waals surface area contributed by atoms with Gasteiger partial charge in [-0.05, 0) is 50.2 Å². The maximum atomic E-state index is 5.50. The van der Waals surface area contributed by atoms with Crippen LogP contribution in [-0.2, 0) is 6.54 Å². The second kappa shape index (κ2) is 6.76. The Bertz CT molecular complexity index is 554. The molecule has 1 aromatic carbocycles. The van der Waals surface area contributed by atoms with Gasteiger partial charge in [0.1, 0.15) is 11.4 Å². The summed E-state index contributed by atoms with van der Waals surface area (Å²) in [6.45, 7) is 3.19. The minimum Gasteiger partial charge on any atom is -0.497 e. The van der Waals surface area contributed by atoms with E-state index in [1.54, 1.807) is 7.11 Å². The number of hydrogen-bond donors (Lipinski definition) is 0. The summed E-state index contributed by atoms with van der Waals surface area (Å²) in [5, 5.41) is 4.19. The van der Waals surface area contributed by atoms with E-state index in [1.165, 1.54) is 38.8 Å². The van der Waals surface area contributed by atoms with Crippen LogP contribution in [0.15, 0.2) is 34.9 Å². The molecule has 0 radical (unpaired) electrons. The zero-order chi connectivity index (χ0) is 14.5. The van der Waals surface area contributed by atoms with Crippen LogP contribution in [0.5, 0.6) is 5.75 Å². The Balaban J connectivity index is 1.67. The average Bonchev–Trinajstić information content (AvgIpc) is 2.83. The van der Waals surface area contributed by atoms with Gasteiger partial charge in [0.25, 0.3) is 0 Å². The molecule has 0 saturated carbocycles. The van der Waals surface area contributed by atoms with Gasteiger partial charge in [-0.3, -0.25) is 4.90 Å². The van der Waals surface area contributed by atoms with E-state index in [1.807, 2.05) is 30.3 Å². The third kappa shape index (κ3) is 3.64. The molecule has 4 nitrogen and oxygen atoms in total. The largest absolute Gasteiger partial charge is 0.497 e. The Morgan fingerprint density at radius 3 is 2.48 bits per heavy atom. The second-order valence-electron chi connectivity index (χ2n) is 5.60. The maximum Gasteiger partial charge on any atom is 0.151 e. The molecule has 1 aromatic heterocycles. The minimum absolute atomic E-state index is 0.854. The van der Waals surface area contributed by atoms with Gasteiger partial charge < -0.3 is 9.26 Å². The molecule has 4 heteroatoms.